The minimum atomic E-state index is -0.867. The lowest BCUT2D eigenvalue weighted by atomic mass is 10.2. The Hall–Kier alpha value is -1.75. The topological polar surface area (TPSA) is 70.0 Å². The first-order valence-electron chi connectivity index (χ1n) is 4.79. The number of hydrogen-bond donors (Lipinski definition) is 2. The summed E-state index contributed by atoms with van der Waals surface area (Å²) in [6.45, 7) is 0.464. The minimum absolute atomic E-state index is 0.0246. The molecule has 0 spiro atoms. The van der Waals surface area contributed by atoms with Gasteiger partial charge in [0.15, 0.2) is 11.5 Å². The van der Waals surface area contributed by atoms with Crippen LogP contribution in [-0.2, 0) is 11.3 Å². The smallest absolute Gasteiger partial charge is 0.317 e. The molecule has 0 unspecified atom stereocenters. The van der Waals surface area contributed by atoms with E-state index in [1.54, 1.807) is 24.1 Å². The summed E-state index contributed by atoms with van der Waals surface area (Å²) in [5, 5.41) is 18.0. The van der Waals surface area contributed by atoms with Crippen LogP contribution in [0.5, 0.6) is 11.5 Å². The number of rotatable bonds is 5. The van der Waals surface area contributed by atoms with Gasteiger partial charge in [0, 0.05) is 6.54 Å². The van der Waals surface area contributed by atoms with E-state index in [2.05, 4.69) is 0 Å². The molecule has 5 heteroatoms. The molecule has 1 rings (SSSR count). The number of benzene rings is 1. The molecule has 0 aromatic heterocycles. The van der Waals surface area contributed by atoms with Gasteiger partial charge >= 0.3 is 5.97 Å². The van der Waals surface area contributed by atoms with Gasteiger partial charge in [0.2, 0.25) is 0 Å². The van der Waals surface area contributed by atoms with Crippen molar-refractivity contribution in [2.24, 2.45) is 0 Å². The summed E-state index contributed by atoms with van der Waals surface area (Å²) in [4.78, 5) is 12.1. The zero-order valence-electron chi connectivity index (χ0n) is 9.30. The van der Waals surface area contributed by atoms with Crippen LogP contribution in [0.25, 0.3) is 0 Å². The molecule has 0 amide bonds. The van der Waals surface area contributed by atoms with Gasteiger partial charge in [0.05, 0.1) is 13.7 Å². The summed E-state index contributed by atoms with van der Waals surface area (Å²) in [5.74, 6) is -0.401. The van der Waals surface area contributed by atoms with Crippen molar-refractivity contribution < 1.29 is 19.7 Å². The Bertz CT molecular complexity index is 378. The molecule has 0 aliphatic heterocycles. The molecule has 88 valence electrons. The summed E-state index contributed by atoms with van der Waals surface area (Å²) in [6.07, 6.45) is 0. The molecular formula is C11H15NO4. The van der Waals surface area contributed by atoms with Crippen LogP contribution in [0, 0.1) is 0 Å². The number of carbonyl (C=O) groups is 1. The second kappa shape index (κ2) is 5.37. The maximum atomic E-state index is 10.5. The van der Waals surface area contributed by atoms with Gasteiger partial charge in [-0.15, -0.1) is 0 Å². The second-order valence-electron chi connectivity index (χ2n) is 3.57. The number of aliphatic carboxylic acids is 1. The first-order valence-corrected chi connectivity index (χ1v) is 4.79. The molecule has 16 heavy (non-hydrogen) atoms. The van der Waals surface area contributed by atoms with Crippen LogP contribution in [0.4, 0.5) is 0 Å². The van der Waals surface area contributed by atoms with Gasteiger partial charge in [0.25, 0.3) is 0 Å². The van der Waals surface area contributed by atoms with Gasteiger partial charge in [-0.1, -0.05) is 6.07 Å². The average Bonchev–Trinajstić information content (AvgIpc) is 2.19. The van der Waals surface area contributed by atoms with E-state index >= 15 is 0 Å². The molecule has 1 aromatic carbocycles. The quantitative estimate of drug-likeness (QED) is 0.779. The third-order valence-corrected chi connectivity index (χ3v) is 2.10. The Morgan fingerprint density at radius 3 is 2.75 bits per heavy atom. The van der Waals surface area contributed by atoms with Crippen molar-refractivity contribution in [2.75, 3.05) is 20.7 Å². The van der Waals surface area contributed by atoms with E-state index in [0.29, 0.717) is 12.3 Å². The second-order valence-corrected chi connectivity index (χ2v) is 3.57. The van der Waals surface area contributed by atoms with E-state index in [9.17, 15) is 9.90 Å². The number of ether oxygens (including phenoxy) is 1. The van der Waals surface area contributed by atoms with E-state index in [0.717, 1.165) is 5.56 Å². The van der Waals surface area contributed by atoms with Crippen molar-refractivity contribution >= 4 is 5.97 Å². The number of nitrogens with zero attached hydrogens (tertiary/aromatic N) is 1. The van der Waals surface area contributed by atoms with Crippen LogP contribution >= 0.6 is 0 Å². The van der Waals surface area contributed by atoms with Crippen LogP contribution in [0.2, 0.25) is 0 Å². The van der Waals surface area contributed by atoms with E-state index in [1.165, 1.54) is 13.2 Å². The zero-order chi connectivity index (χ0) is 12.1. The van der Waals surface area contributed by atoms with Gasteiger partial charge in [-0.25, -0.2) is 0 Å². The lowest BCUT2D eigenvalue weighted by Crippen LogP contribution is -2.25. The highest BCUT2D eigenvalue weighted by molar-refractivity contribution is 5.69. The minimum Gasteiger partial charge on any atom is -0.504 e. The Morgan fingerprint density at radius 1 is 1.50 bits per heavy atom. The Morgan fingerprint density at radius 2 is 2.19 bits per heavy atom. The highest BCUT2D eigenvalue weighted by Crippen LogP contribution is 2.26. The molecular weight excluding hydrogens is 210 g/mol. The Balaban J connectivity index is 2.70. The van der Waals surface area contributed by atoms with E-state index in [1.807, 2.05) is 0 Å². The van der Waals surface area contributed by atoms with Gasteiger partial charge in [0.1, 0.15) is 0 Å². The molecule has 0 heterocycles. The summed E-state index contributed by atoms with van der Waals surface area (Å²) < 4.78 is 4.96. The maximum Gasteiger partial charge on any atom is 0.317 e. The summed E-state index contributed by atoms with van der Waals surface area (Å²) in [7, 11) is 3.19. The lowest BCUT2D eigenvalue weighted by molar-refractivity contribution is -0.138. The highest BCUT2D eigenvalue weighted by atomic mass is 16.5. The molecule has 1 aromatic rings. The van der Waals surface area contributed by atoms with Gasteiger partial charge in [-0.2, -0.15) is 0 Å². The average molecular weight is 225 g/mol. The number of hydrogen-bond acceptors (Lipinski definition) is 4. The summed E-state index contributed by atoms with van der Waals surface area (Å²) in [5.41, 5.74) is 0.887. The Kier molecular flexibility index (Phi) is 4.13. The largest absolute Gasteiger partial charge is 0.504 e. The molecule has 0 aliphatic rings. The van der Waals surface area contributed by atoms with E-state index < -0.39 is 5.97 Å². The first kappa shape index (κ1) is 12.3. The van der Waals surface area contributed by atoms with Crippen LogP contribution in [-0.4, -0.2) is 41.8 Å². The predicted octanol–water partition coefficient (Wildman–Crippen LogP) is 0.917. The lowest BCUT2D eigenvalue weighted by Gasteiger charge is -2.14. The number of carboxylic acids is 1. The molecule has 2 N–H and O–H groups in total. The standard InChI is InChI=1S/C11H15NO4/c1-12(7-11(14)15)6-8-3-4-9(13)10(5-8)16-2/h3-5,13H,6-7H2,1-2H3,(H,14,15). The molecule has 0 aliphatic carbocycles. The monoisotopic (exact) mass is 225 g/mol. The van der Waals surface area contributed by atoms with Gasteiger partial charge < -0.3 is 14.9 Å². The molecule has 0 radical (unpaired) electrons. The molecule has 0 saturated carbocycles. The van der Waals surface area contributed by atoms with Crippen molar-refractivity contribution in [3.05, 3.63) is 23.8 Å². The normalized spacial score (nSPS) is 10.4. The predicted molar refractivity (Wildman–Crippen MR) is 58.6 cm³/mol. The van der Waals surface area contributed by atoms with Crippen molar-refractivity contribution in [1.29, 1.82) is 0 Å². The van der Waals surface area contributed by atoms with Gasteiger partial charge in [-0.05, 0) is 24.7 Å². The molecule has 0 bridgehead atoms. The number of phenols is 1. The zero-order valence-corrected chi connectivity index (χ0v) is 9.30. The maximum absolute atomic E-state index is 10.5. The molecule has 0 atom stereocenters. The van der Waals surface area contributed by atoms with E-state index in [-0.39, 0.29) is 12.3 Å². The SMILES string of the molecule is COc1cc(CN(C)CC(=O)O)ccc1O. The summed E-state index contributed by atoms with van der Waals surface area (Å²) in [6, 6.07) is 4.95. The number of likely N-dealkylation sites (N-methyl/N-ethyl adjacent to an activating group) is 1. The van der Waals surface area contributed by atoms with Crippen LogP contribution in [0.3, 0.4) is 0 Å². The fourth-order valence-corrected chi connectivity index (χ4v) is 1.42. The van der Waals surface area contributed by atoms with Crippen LogP contribution in [0.15, 0.2) is 18.2 Å². The third-order valence-electron chi connectivity index (χ3n) is 2.10. The number of phenolic OH excluding ortho intramolecular Hbond substituents is 1. The number of methoxy groups -OCH3 is 1. The third kappa shape index (κ3) is 3.43. The van der Waals surface area contributed by atoms with Crippen molar-refractivity contribution in [3.63, 3.8) is 0 Å². The number of aromatic hydroxyl groups is 1. The number of carboxylic acid groups (broad SMARTS) is 1. The van der Waals surface area contributed by atoms with Crippen molar-refractivity contribution in [2.45, 2.75) is 6.54 Å². The van der Waals surface area contributed by atoms with Crippen molar-refractivity contribution in [1.82, 2.24) is 4.90 Å². The fraction of sp³-hybridized carbons (Fsp3) is 0.364. The van der Waals surface area contributed by atoms with Crippen LogP contribution in [0.1, 0.15) is 5.56 Å². The molecule has 5 nitrogen and oxygen atoms in total. The highest BCUT2D eigenvalue weighted by Gasteiger charge is 2.07. The fourth-order valence-electron chi connectivity index (χ4n) is 1.42. The first-order chi connectivity index (χ1) is 7.52. The summed E-state index contributed by atoms with van der Waals surface area (Å²) >= 11 is 0. The Labute approximate surface area is 93.9 Å². The van der Waals surface area contributed by atoms with Gasteiger partial charge in [-0.3, -0.25) is 9.69 Å². The van der Waals surface area contributed by atoms with E-state index in [4.69, 9.17) is 9.84 Å². The molecule has 0 fully saturated rings. The molecule has 0 saturated heterocycles. The van der Waals surface area contributed by atoms with Crippen LogP contribution < -0.4 is 4.74 Å². The van der Waals surface area contributed by atoms with Crippen molar-refractivity contribution in [3.8, 4) is 11.5 Å².